The molecule has 2 heterocycles. The summed E-state index contributed by atoms with van der Waals surface area (Å²) in [6, 6.07) is 17.8. The summed E-state index contributed by atoms with van der Waals surface area (Å²) in [6.45, 7) is 2.44. The smallest absolute Gasteiger partial charge is 0.227 e. The Morgan fingerprint density at radius 1 is 1.13 bits per heavy atom. The van der Waals surface area contributed by atoms with E-state index in [1.54, 1.807) is 11.3 Å². The Morgan fingerprint density at radius 2 is 1.96 bits per heavy atom. The van der Waals surface area contributed by atoms with Gasteiger partial charge in [0, 0.05) is 0 Å². The summed E-state index contributed by atoms with van der Waals surface area (Å²) in [5.74, 6) is 1.53. The summed E-state index contributed by atoms with van der Waals surface area (Å²) in [5, 5.41) is 5.00. The molecule has 1 amide bonds. The fourth-order valence-corrected chi connectivity index (χ4v) is 3.27. The normalized spacial score (nSPS) is 12.0. The predicted molar refractivity (Wildman–Crippen MR) is 93.3 cm³/mol. The molecule has 118 valence electrons. The minimum absolute atomic E-state index is 0.0350. The molecule has 4 heteroatoms. The van der Waals surface area contributed by atoms with E-state index in [1.807, 2.05) is 66.9 Å². The van der Waals surface area contributed by atoms with Crippen LogP contribution < -0.4 is 5.32 Å². The van der Waals surface area contributed by atoms with Gasteiger partial charge in [-0.2, -0.15) is 0 Å². The van der Waals surface area contributed by atoms with E-state index in [0.29, 0.717) is 6.54 Å². The Hall–Kier alpha value is -2.33. The van der Waals surface area contributed by atoms with Crippen molar-refractivity contribution < 1.29 is 9.21 Å². The second kappa shape index (κ2) is 7.29. The van der Waals surface area contributed by atoms with Gasteiger partial charge in [-0.1, -0.05) is 43.3 Å². The standard InChI is InChI=1S/C19H19NO2S/c1-2-16(14-7-4-3-5-8-14)19(21)20-13-15-10-11-17(22-15)18-9-6-12-23-18/h3-12,16H,2,13H2,1H3,(H,20,21)/t16-/m0/s1. The van der Waals surface area contributed by atoms with E-state index in [-0.39, 0.29) is 11.8 Å². The minimum atomic E-state index is -0.122. The van der Waals surface area contributed by atoms with Crippen LogP contribution in [0.25, 0.3) is 10.6 Å². The van der Waals surface area contributed by atoms with Gasteiger partial charge in [-0.25, -0.2) is 0 Å². The minimum Gasteiger partial charge on any atom is -0.458 e. The van der Waals surface area contributed by atoms with Crippen molar-refractivity contribution in [1.29, 1.82) is 0 Å². The SMILES string of the molecule is CC[C@H](C(=O)NCc1ccc(-c2cccs2)o1)c1ccccc1. The predicted octanol–water partition coefficient (Wildman–Crippen LogP) is 4.82. The van der Waals surface area contributed by atoms with Crippen molar-refractivity contribution in [2.45, 2.75) is 25.8 Å². The molecule has 3 nitrogen and oxygen atoms in total. The van der Waals surface area contributed by atoms with Gasteiger partial charge < -0.3 is 9.73 Å². The van der Waals surface area contributed by atoms with Crippen molar-refractivity contribution in [3.05, 3.63) is 71.3 Å². The number of amides is 1. The van der Waals surface area contributed by atoms with Crippen LogP contribution >= 0.6 is 11.3 Å². The molecule has 0 fully saturated rings. The van der Waals surface area contributed by atoms with E-state index >= 15 is 0 Å². The van der Waals surface area contributed by atoms with Gasteiger partial charge in [-0.05, 0) is 35.6 Å². The quantitative estimate of drug-likeness (QED) is 0.706. The molecule has 0 unspecified atom stereocenters. The van der Waals surface area contributed by atoms with Gasteiger partial charge in [0.25, 0.3) is 0 Å². The summed E-state index contributed by atoms with van der Waals surface area (Å²) >= 11 is 1.64. The highest BCUT2D eigenvalue weighted by Gasteiger charge is 2.18. The average molecular weight is 325 g/mol. The maximum absolute atomic E-state index is 12.4. The maximum atomic E-state index is 12.4. The van der Waals surface area contributed by atoms with Crippen molar-refractivity contribution in [3.8, 4) is 10.6 Å². The van der Waals surface area contributed by atoms with Crippen molar-refractivity contribution in [2.75, 3.05) is 0 Å². The topological polar surface area (TPSA) is 42.2 Å². The Morgan fingerprint density at radius 3 is 2.65 bits per heavy atom. The third kappa shape index (κ3) is 3.71. The number of benzene rings is 1. The van der Waals surface area contributed by atoms with Gasteiger partial charge in [0.2, 0.25) is 5.91 Å². The largest absolute Gasteiger partial charge is 0.458 e. The Balaban J connectivity index is 1.62. The van der Waals surface area contributed by atoms with Crippen LogP contribution in [-0.4, -0.2) is 5.91 Å². The van der Waals surface area contributed by atoms with Crippen LogP contribution in [0.2, 0.25) is 0 Å². The van der Waals surface area contributed by atoms with Gasteiger partial charge in [0.05, 0.1) is 17.3 Å². The first kappa shape index (κ1) is 15.6. The molecule has 0 radical (unpaired) electrons. The fraction of sp³-hybridized carbons (Fsp3) is 0.211. The summed E-state index contributed by atoms with van der Waals surface area (Å²) in [6.07, 6.45) is 0.772. The summed E-state index contributed by atoms with van der Waals surface area (Å²) in [5.41, 5.74) is 1.05. The van der Waals surface area contributed by atoms with Crippen LogP contribution in [0.3, 0.4) is 0 Å². The molecule has 0 saturated heterocycles. The van der Waals surface area contributed by atoms with Gasteiger partial charge in [0.15, 0.2) is 0 Å². The van der Waals surface area contributed by atoms with E-state index in [4.69, 9.17) is 4.42 Å². The second-order valence-corrected chi connectivity index (χ2v) is 6.28. The van der Waals surface area contributed by atoms with Gasteiger partial charge >= 0.3 is 0 Å². The molecule has 0 aliphatic rings. The van der Waals surface area contributed by atoms with Crippen LogP contribution in [0.15, 0.2) is 64.4 Å². The molecule has 1 aromatic carbocycles. The fourth-order valence-electron chi connectivity index (χ4n) is 2.58. The molecule has 0 saturated carbocycles. The van der Waals surface area contributed by atoms with Gasteiger partial charge in [0.1, 0.15) is 11.5 Å². The van der Waals surface area contributed by atoms with Crippen LogP contribution in [0.4, 0.5) is 0 Å². The van der Waals surface area contributed by atoms with Crippen LogP contribution in [0.5, 0.6) is 0 Å². The monoisotopic (exact) mass is 325 g/mol. The highest BCUT2D eigenvalue weighted by Crippen LogP contribution is 2.26. The van der Waals surface area contributed by atoms with Gasteiger partial charge in [-0.3, -0.25) is 4.79 Å². The lowest BCUT2D eigenvalue weighted by Gasteiger charge is -2.14. The van der Waals surface area contributed by atoms with Crippen LogP contribution in [0, 0.1) is 0 Å². The third-order valence-electron chi connectivity index (χ3n) is 3.79. The van der Waals surface area contributed by atoms with Crippen molar-refractivity contribution in [1.82, 2.24) is 5.32 Å². The van der Waals surface area contributed by atoms with Gasteiger partial charge in [-0.15, -0.1) is 11.3 Å². The molecule has 0 bridgehead atoms. The number of furan rings is 1. The number of carbonyl (C=O) groups excluding carboxylic acids is 1. The molecule has 0 spiro atoms. The Bertz CT molecular complexity index is 747. The number of hydrogen-bond acceptors (Lipinski definition) is 3. The zero-order valence-electron chi connectivity index (χ0n) is 13.0. The second-order valence-electron chi connectivity index (χ2n) is 5.33. The van der Waals surface area contributed by atoms with E-state index in [9.17, 15) is 4.79 Å². The molecule has 0 aliphatic carbocycles. The van der Waals surface area contributed by atoms with Crippen molar-refractivity contribution in [2.24, 2.45) is 0 Å². The molecule has 1 N–H and O–H groups in total. The van der Waals surface area contributed by atoms with Crippen molar-refractivity contribution >= 4 is 17.2 Å². The van der Waals surface area contributed by atoms with E-state index < -0.39 is 0 Å². The summed E-state index contributed by atoms with van der Waals surface area (Å²) in [4.78, 5) is 13.5. The molecule has 3 rings (SSSR count). The zero-order chi connectivity index (χ0) is 16.1. The lowest BCUT2D eigenvalue weighted by atomic mass is 9.96. The number of nitrogens with one attached hydrogen (secondary N) is 1. The number of thiophene rings is 1. The molecule has 1 atom stereocenters. The first-order chi connectivity index (χ1) is 11.3. The number of hydrogen-bond donors (Lipinski definition) is 1. The first-order valence-electron chi connectivity index (χ1n) is 7.73. The molecular formula is C19H19NO2S. The summed E-state index contributed by atoms with van der Waals surface area (Å²) in [7, 11) is 0. The first-order valence-corrected chi connectivity index (χ1v) is 8.61. The highest BCUT2D eigenvalue weighted by atomic mass is 32.1. The van der Waals surface area contributed by atoms with Crippen molar-refractivity contribution in [3.63, 3.8) is 0 Å². The summed E-state index contributed by atoms with van der Waals surface area (Å²) < 4.78 is 5.79. The molecule has 3 aromatic rings. The zero-order valence-corrected chi connectivity index (χ0v) is 13.8. The lowest BCUT2D eigenvalue weighted by Crippen LogP contribution is -2.28. The molecule has 0 aliphatic heterocycles. The Labute approximate surface area is 140 Å². The number of carbonyl (C=O) groups is 1. The van der Waals surface area contributed by atoms with Crippen LogP contribution in [-0.2, 0) is 11.3 Å². The number of rotatable bonds is 6. The van der Waals surface area contributed by atoms with E-state index in [2.05, 4.69) is 5.32 Å². The molecular weight excluding hydrogens is 306 g/mol. The van der Waals surface area contributed by atoms with E-state index in [1.165, 1.54) is 0 Å². The molecule has 23 heavy (non-hydrogen) atoms. The maximum Gasteiger partial charge on any atom is 0.227 e. The molecule has 2 aromatic heterocycles. The average Bonchev–Trinajstić information content (AvgIpc) is 3.26. The Kier molecular flexibility index (Phi) is 4.93. The lowest BCUT2D eigenvalue weighted by molar-refractivity contribution is -0.122. The van der Waals surface area contributed by atoms with Crippen LogP contribution in [0.1, 0.15) is 30.6 Å². The highest BCUT2D eigenvalue weighted by molar-refractivity contribution is 7.13. The third-order valence-corrected chi connectivity index (χ3v) is 4.67. The van der Waals surface area contributed by atoms with E-state index in [0.717, 1.165) is 28.4 Å².